The Labute approximate surface area is 127 Å². The van der Waals surface area contributed by atoms with Crippen molar-refractivity contribution >= 4 is 0 Å². The van der Waals surface area contributed by atoms with Crippen molar-refractivity contribution in [1.29, 1.82) is 0 Å². The monoisotopic (exact) mass is 283 g/mol. The quantitative estimate of drug-likeness (QED) is 0.847. The van der Waals surface area contributed by atoms with Gasteiger partial charge < -0.3 is 5.73 Å². The number of aryl methyl sites for hydroxylation is 1. The van der Waals surface area contributed by atoms with E-state index in [1.807, 2.05) is 13.0 Å². The number of nitrogens with two attached hydrogens (primary N) is 1. The van der Waals surface area contributed by atoms with Gasteiger partial charge in [-0.2, -0.15) is 0 Å². The zero-order chi connectivity index (χ0) is 15.1. The number of hydrogen-bond donors (Lipinski definition) is 1. The van der Waals surface area contributed by atoms with Crippen LogP contribution in [0.2, 0.25) is 0 Å². The molecule has 0 aliphatic rings. The second kappa shape index (κ2) is 7.91. The van der Waals surface area contributed by atoms with Gasteiger partial charge in [0.05, 0.1) is 5.69 Å². The predicted octanol–water partition coefficient (Wildman–Crippen LogP) is 3.30. The fourth-order valence-corrected chi connectivity index (χ4v) is 2.73. The predicted molar refractivity (Wildman–Crippen MR) is 87.9 cm³/mol. The summed E-state index contributed by atoms with van der Waals surface area (Å²) in [5, 5.41) is 0. The largest absolute Gasteiger partial charge is 0.330 e. The van der Waals surface area contributed by atoms with Crippen LogP contribution in [0.25, 0.3) is 0 Å². The summed E-state index contributed by atoms with van der Waals surface area (Å²) in [6, 6.07) is 17.2. The van der Waals surface area contributed by atoms with Crippen molar-refractivity contribution in [3.8, 4) is 0 Å². The van der Waals surface area contributed by atoms with Crippen molar-refractivity contribution < 1.29 is 0 Å². The molecule has 2 rings (SSSR count). The minimum absolute atomic E-state index is 0.350. The highest BCUT2D eigenvalue weighted by molar-refractivity contribution is 5.19. The lowest BCUT2D eigenvalue weighted by atomic mass is 10.0. The molecule has 3 nitrogen and oxygen atoms in total. The Bertz CT molecular complexity index is 539. The van der Waals surface area contributed by atoms with Gasteiger partial charge in [-0.1, -0.05) is 43.3 Å². The van der Waals surface area contributed by atoms with Crippen LogP contribution < -0.4 is 5.73 Å². The number of rotatable bonds is 7. The van der Waals surface area contributed by atoms with Gasteiger partial charge in [0.1, 0.15) is 0 Å². The molecule has 1 aromatic carbocycles. The standard InChI is InChI=1S/C18H25N3/c1-3-21(14-17-11-7-8-15(2)20-17)18(12-13-19)16-9-5-4-6-10-16/h4-11,18H,3,12-14,19H2,1-2H3. The Morgan fingerprint density at radius 3 is 2.48 bits per heavy atom. The molecule has 1 unspecified atom stereocenters. The molecule has 2 N–H and O–H groups in total. The van der Waals surface area contributed by atoms with Crippen LogP contribution in [0.3, 0.4) is 0 Å². The molecule has 0 saturated carbocycles. The number of pyridine rings is 1. The highest BCUT2D eigenvalue weighted by Gasteiger charge is 2.18. The Morgan fingerprint density at radius 2 is 1.86 bits per heavy atom. The minimum atomic E-state index is 0.350. The third-order valence-electron chi connectivity index (χ3n) is 3.78. The van der Waals surface area contributed by atoms with Gasteiger partial charge in [-0.05, 0) is 44.1 Å². The van der Waals surface area contributed by atoms with E-state index in [9.17, 15) is 0 Å². The fraction of sp³-hybridized carbons (Fsp3) is 0.389. The smallest absolute Gasteiger partial charge is 0.0547 e. The van der Waals surface area contributed by atoms with Gasteiger partial charge in [-0.3, -0.25) is 9.88 Å². The van der Waals surface area contributed by atoms with Gasteiger partial charge in [0.2, 0.25) is 0 Å². The van der Waals surface area contributed by atoms with Crippen LogP contribution in [-0.4, -0.2) is 23.0 Å². The van der Waals surface area contributed by atoms with Crippen LogP contribution in [0.4, 0.5) is 0 Å². The van der Waals surface area contributed by atoms with Crippen molar-refractivity contribution in [3.63, 3.8) is 0 Å². The van der Waals surface area contributed by atoms with E-state index in [1.54, 1.807) is 0 Å². The Hall–Kier alpha value is -1.71. The summed E-state index contributed by atoms with van der Waals surface area (Å²) < 4.78 is 0. The van der Waals surface area contributed by atoms with E-state index < -0.39 is 0 Å². The summed E-state index contributed by atoms with van der Waals surface area (Å²) in [7, 11) is 0. The van der Waals surface area contributed by atoms with E-state index in [4.69, 9.17) is 5.73 Å². The van der Waals surface area contributed by atoms with Crippen molar-refractivity contribution in [2.75, 3.05) is 13.1 Å². The summed E-state index contributed by atoms with van der Waals surface area (Å²) in [5.41, 5.74) is 9.35. The van der Waals surface area contributed by atoms with E-state index in [2.05, 4.69) is 59.3 Å². The van der Waals surface area contributed by atoms with Gasteiger partial charge in [-0.15, -0.1) is 0 Å². The van der Waals surface area contributed by atoms with Crippen LogP contribution in [0.5, 0.6) is 0 Å². The molecule has 2 aromatic rings. The highest BCUT2D eigenvalue weighted by Crippen LogP contribution is 2.25. The zero-order valence-electron chi connectivity index (χ0n) is 13.0. The fourth-order valence-electron chi connectivity index (χ4n) is 2.73. The van der Waals surface area contributed by atoms with Gasteiger partial charge in [-0.25, -0.2) is 0 Å². The normalized spacial score (nSPS) is 12.6. The first kappa shape index (κ1) is 15.7. The summed E-state index contributed by atoms with van der Waals surface area (Å²) in [6.07, 6.45) is 0.962. The molecule has 0 saturated heterocycles. The molecule has 1 aromatic heterocycles. The summed E-state index contributed by atoms with van der Waals surface area (Å²) in [5.74, 6) is 0. The first-order valence-corrected chi connectivity index (χ1v) is 7.66. The molecule has 0 aliphatic carbocycles. The number of hydrogen-bond acceptors (Lipinski definition) is 3. The maximum absolute atomic E-state index is 5.83. The molecule has 1 atom stereocenters. The summed E-state index contributed by atoms with van der Waals surface area (Å²) in [6.45, 7) is 6.76. The lowest BCUT2D eigenvalue weighted by Crippen LogP contribution is -2.30. The molecule has 0 radical (unpaired) electrons. The molecular weight excluding hydrogens is 258 g/mol. The van der Waals surface area contributed by atoms with E-state index in [0.717, 1.165) is 30.9 Å². The van der Waals surface area contributed by atoms with Crippen molar-refractivity contribution in [2.45, 2.75) is 32.9 Å². The van der Waals surface area contributed by atoms with Crippen LogP contribution in [0, 0.1) is 6.92 Å². The topological polar surface area (TPSA) is 42.2 Å². The zero-order valence-corrected chi connectivity index (χ0v) is 13.0. The van der Waals surface area contributed by atoms with Crippen LogP contribution in [0.1, 0.15) is 36.3 Å². The molecule has 0 fully saturated rings. The highest BCUT2D eigenvalue weighted by atomic mass is 15.2. The minimum Gasteiger partial charge on any atom is -0.330 e. The second-order valence-electron chi connectivity index (χ2n) is 5.34. The Balaban J connectivity index is 2.20. The average molecular weight is 283 g/mol. The number of benzene rings is 1. The molecule has 0 aliphatic heterocycles. The van der Waals surface area contributed by atoms with Gasteiger partial charge in [0.25, 0.3) is 0 Å². The van der Waals surface area contributed by atoms with E-state index in [-0.39, 0.29) is 0 Å². The van der Waals surface area contributed by atoms with E-state index in [0.29, 0.717) is 12.6 Å². The van der Waals surface area contributed by atoms with Gasteiger partial charge >= 0.3 is 0 Å². The van der Waals surface area contributed by atoms with Crippen LogP contribution in [0.15, 0.2) is 48.5 Å². The Morgan fingerprint density at radius 1 is 1.10 bits per heavy atom. The summed E-state index contributed by atoms with van der Waals surface area (Å²) in [4.78, 5) is 7.07. The van der Waals surface area contributed by atoms with Crippen LogP contribution >= 0.6 is 0 Å². The van der Waals surface area contributed by atoms with Crippen molar-refractivity contribution in [1.82, 2.24) is 9.88 Å². The molecule has 1 heterocycles. The molecule has 0 bridgehead atoms. The second-order valence-corrected chi connectivity index (χ2v) is 5.34. The van der Waals surface area contributed by atoms with Gasteiger partial charge in [0, 0.05) is 18.3 Å². The summed E-state index contributed by atoms with van der Waals surface area (Å²) >= 11 is 0. The molecule has 0 amide bonds. The lowest BCUT2D eigenvalue weighted by Gasteiger charge is -2.30. The van der Waals surface area contributed by atoms with Gasteiger partial charge in [0.15, 0.2) is 0 Å². The average Bonchev–Trinajstić information content (AvgIpc) is 2.51. The number of aromatic nitrogens is 1. The van der Waals surface area contributed by atoms with Crippen LogP contribution in [-0.2, 0) is 6.54 Å². The first-order chi connectivity index (χ1) is 10.2. The molecular formula is C18H25N3. The van der Waals surface area contributed by atoms with Crippen molar-refractivity contribution in [2.24, 2.45) is 5.73 Å². The maximum Gasteiger partial charge on any atom is 0.0547 e. The molecule has 3 heteroatoms. The third kappa shape index (κ3) is 4.38. The van der Waals surface area contributed by atoms with Crippen molar-refractivity contribution in [3.05, 3.63) is 65.5 Å². The Kier molecular flexibility index (Phi) is 5.90. The van der Waals surface area contributed by atoms with E-state index in [1.165, 1.54) is 5.56 Å². The first-order valence-electron chi connectivity index (χ1n) is 7.66. The number of nitrogens with zero attached hydrogens (tertiary/aromatic N) is 2. The molecule has 112 valence electrons. The molecule has 0 spiro atoms. The molecule has 21 heavy (non-hydrogen) atoms. The maximum atomic E-state index is 5.83. The van der Waals surface area contributed by atoms with E-state index >= 15 is 0 Å². The third-order valence-corrected chi connectivity index (χ3v) is 3.78. The SMILES string of the molecule is CCN(Cc1cccc(C)n1)C(CCN)c1ccccc1. The lowest BCUT2D eigenvalue weighted by molar-refractivity contribution is 0.188.